The van der Waals surface area contributed by atoms with Crippen LogP contribution in [0, 0.1) is 0 Å². The van der Waals surface area contributed by atoms with E-state index in [4.69, 9.17) is 16.7 Å². The van der Waals surface area contributed by atoms with Gasteiger partial charge in [0.1, 0.15) is 0 Å². The Kier molecular flexibility index (Phi) is 2.05. The summed E-state index contributed by atoms with van der Waals surface area (Å²) in [5, 5.41) is 8.95. The molecule has 0 bridgehead atoms. The van der Waals surface area contributed by atoms with Crippen molar-refractivity contribution < 1.29 is 5.11 Å². The third-order valence-electron chi connectivity index (χ3n) is 0.907. The number of hydrogen-bond donors (Lipinski definition) is 1. The summed E-state index contributed by atoms with van der Waals surface area (Å²) in [5.41, 5.74) is 0. The monoisotopic (exact) mass is 163 g/mol. The van der Waals surface area contributed by atoms with Crippen molar-refractivity contribution in [2.45, 2.75) is 13.0 Å². The van der Waals surface area contributed by atoms with Crippen LogP contribution in [-0.4, -0.2) is 10.1 Å². The zero-order valence-corrected chi connectivity index (χ0v) is 6.41. The Labute approximate surface area is 62.1 Å². The lowest BCUT2D eigenvalue weighted by Crippen LogP contribution is -1.83. The minimum atomic E-state index is -0.449. The molecule has 0 unspecified atom stereocenters. The molecule has 0 aliphatic carbocycles. The lowest BCUT2D eigenvalue weighted by atomic mass is 10.4. The number of thiazole rings is 1. The molecule has 0 aliphatic rings. The number of aromatic nitrogens is 1. The quantitative estimate of drug-likeness (QED) is 0.686. The van der Waals surface area contributed by atoms with E-state index in [9.17, 15) is 0 Å². The van der Waals surface area contributed by atoms with Gasteiger partial charge in [-0.25, -0.2) is 4.98 Å². The predicted octanol–water partition coefficient (Wildman–Crippen LogP) is 1.85. The number of hydrogen-bond acceptors (Lipinski definition) is 3. The minimum absolute atomic E-state index is 0.449. The third-order valence-corrected chi connectivity index (χ3v) is 2.19. The Bertz CT molecular complexity index is 199. The summed E-state index contributed by atoms with van der Waals surface area (Å²) in [4.78, 5) is 4.57. The molecule has 1 heterocycles. The fourth-order valence-corrected chi connectivity index (χ4v) is 1.35. The van der Waals surface area contributed by atoms with Crippen LogP contribution >= 0.6 is 22.9 Å². The summed E-state index contributed by atoms with van der Waals surface area (Å²) in [6.07, 6.45) is 1.13. The van der Waals surface area contributed by atoms with E-state index >= 15 is 0 Å². The van der Waals surface area contributed by atoms with Crippen molar-refractivity contribution in [1.82, 2.24) is 4.98 Å². The Balaban J connectivity index is 2.85. The van der Waals surface area contributed by atoms with E-state index in [0.717, 1.165) is 4.88 Å². The smallest absolute Gasteiger partial charge is 0.183 e. The number of nitrogens with zero attached hydrogens (tertiary/aromatic N) is 1. The summed E-state index contributed by atoms with van der Waals surface area (Å²) in [6, 6.07) is 0. The van der Waals surface area contributed by atoms with E-state index in [-0.39, 0.29) is 0 Å². The maximum absolute atomic E-state index is 8.95. The van der Waals surface area contributed by atoms with E-state index < -0.39 is 6.10 Å². The van der Waals surface area contributed by atoms with Crippen LogP contribution < -0.4 is 0 Å². The van der Waals surface area contributed by atoms with Gasteiger partial charge in [-0.1, -0.05) is 11.6 Å². The van der Waals surface area contributed by atoms with E-state index in [1.807, 2.05) is 0 Å². The molecular formula is C5H6ClNOS. The first-order valence-corrected chi connectivity index (χ1v) is 3.69. The normalized spacial score (nSPS) is 13.7. The van der Waals surface area contributed by atoms with Gasteiger partial charge < -0.3 is 5.11 Å². The Hall–Kier alpha value is -0.120. The third kappa shape index (κ3) is 1.64. The molecule has 0 aromatic carbocycles. The molecule has 50 valence electrons. The number of rotatable bonds is 1. The topological polar surface area (TPSA) is 33.1 Å². The van der Waals surface area contributed by atoms with Gasteiger partial charge in [0, 0.05) is 6.20 Å². The van der Waals surface area contributed by atoms with Crippen LogP contribution in [0.4, 0.5) is 0 Å². The lowest BCUT2D eigenvalue weighted by Gasteiger charge is -1.94. The highest BCUT2D eigenvalue weighted by Gasteiger charge is 2.03. The summed E-state index contributed by atoms with van der Waals surface area (Å²) in [6.45, 7) is 1.68. The van der Waals surface area contributed by atoms with Gasteiger partial charge >= 0.3 is 0 Å². The molecule has 0 radical (unpaired) electrons. The van der Waals surface area contributed by atoms with Gasteiger partial charge in [0.05, 0.1) is 11.0 Å². The molecule has 0 amide bonds. The fourth-order valence-electron chi connectivity index (χ4n) is 0.457. The number of aliphatic hydroxyl groups excluding tert-OH is 1. The molecule has 1 aromatic rings. The summed E-state index contributed by atoms with van der Waals surface area (Å²) in [5.74, 6) is 0. The Morgan fingerprint density at radius 3 is 2.78 bits per heavy atom. The Morgan fingerprint density at radius 1 is 1.89 bits per heavy atom. The highest BCUT2D eigenvalue weighted by Crippen LogP contribution is 2.22. The molecule has 1 N–H and O–H groups in total. The molecule has 9 heavy (non-hydrogen) atoms. The molecular weight excluding hydrogens is 158 g/mol. The molecule has 0 aliphatic heterocycles. The van der Waals surface area contributed by atoms with E-state index in [1.165, 1.54) is 11.3 Å². The van der Waals surface area contributed by atoms with E-state index in [0.29, 0.717) is 4.47 Å². The van der Waals surface area contributed by atoms with Gasteiger partial charge in [0.15, 0.2) is 4.47 Å². The van der Waals surface area contributed by atoms with Crippen LogP contribution in [0.1, 0.15) is 17.9 Å². The Morgan fingerprint density at radius 2 is 2.56 bits per heavy atom. The standard InChI is InChI=1S/C5H6ClNOS/c1-3(8)4-2-7-5(6)9-4/h2-3,8H,1H3/t3-/m0/s1. The van der Waals surface area contributed by atoms with Crippen LogP contribution in [0.25, 0.3) is 0 Å². The van der Waals surface area contributed by atoms with Gasteiger partial charge in [-0.2, -0.15) is 0 Å². The summed E-state index contributed by atoms with van der Waals surface area (Å²) in [7, 11) is 0. The number of halogens is 1. The molecule has 0 fully saturated rings. The van der Waals surface area contributed by atoms with Crippen molar-refractivity contribution in [3.63, 3.8) is 0 Å². The summed E-state index contributed by atoms with van der Waals surface area (Å²) >= 11 is 6.80. The van der Waals surface area contributed by atoms with Crippen molar-refractivity contribution in [2.24, 2.45) is 0 Å². The first-order valence-electron chi connectivity index (χ1n) is 2.49. The molecule has 4 heteroatoms. The second-order valence-corrected chi connectivity index (χ2v) is 3.34. The molecule has 0 spiro atoms. The summed E-state index contributed by atoms with van der Waals surface area (Å²) < 4.78 is 0.478. The maximum Gasteiger partial charge on any atom is 0.183 e. The first-order chi connectivity index (χ1) is 4.20. The van der Waals surface area contributed by atoms with E-state index in [2.05, 4.69) is 4.98 Å². The minimum Gasteiger partial charge on any atom is -0.388 e. The van der Waals surface area contributed by atoms with E-state index in [1.54, 1.807) is 13.1 Å². The van der Waals surface area contributed by atoms with Crippen molar-refractivity contribution in [3.05, 3.63) is 15.5 Å². The second-order valence-electron chi connectivity index (χ2n) is 1.69. The first kappa shape index (κ1) is 6.99. The van der Waals surface area contributed by atoms with Crippen molar-refractivity contribution in [3.8, 4) is 0 Å². The maximum atomic E-state index is 8.95. The van der Waals surface area contributed by atoms with Crippen molar-refractivity contribution in [1.29, 1.82) is 0 Å². The van der Waals surface area contributed by atoms with Crippen LogP contribution in [-0.2, 0) is 0 Å². The van der Waals surface area contributed by atoms with Gasteiger partial charge in [0.25, 0.3) is 0 Å². The van der Waals surface area contributed by atoms with Gasteiger partial charge in [-0.3, -0.25) is 0 Å². The van der Waals surface area contributed by atoms with Gasteiger partial charge in [-0.15, -0.1) is 11.3 Å². The molecule has 0 saturated carbocycles. The molecule has 1 aromatic heterocycles. The second kappa shape index (κ2) is 2.64. The zero-order valence-electron chi connectivity index (χ0n) is 4.84. The van der Waals surface area contributed by atoms with Crippen LogP contribution in [0.2, 0.25) is 4.47 Å². The van der Waals surface area contributed by atoms with Crippen molar-refractivity contribution >= 4 is 22.9 Å². The molecule has 2 nitrogen and oxygen atoms in total. The van der Waals surface area contributed by atoms with Crippen LogP contribution in [0.15, 0.2) is 6.20 Å². The van der Waals surface area contributed by atoms with Gasteiger partial charge in [0.2, 0.25) is 0 Å². The largest absolute Gasteiger partial charge is 0.388 e. The SMILES string of the molecule is C[C@H](O)c1cnc(Cl)s1. The molecule has 1 rings (SSSR count). The fraction of sp³-hybridized carbons (Fsp3) is 0.400. The lowest BCUT2D eigenvalue weighted by molar-refractivity contribution is 0.203. The van der Waals surface area contributed by atoms with Crippen LogP contribution in [0.3, 0.4) is 0 Å². The van der Waals surface area contributed by atoms with Crippen molar-refractivity contribution in [2.75, 3.05) is 0 Å². The average Bonchev–Trinajstić information content (AvgIpc) is 2.14. The predicted molar refractivity (Wildman–Crippen MR) is 37.8 cm³/mol. The highest BCUT2D eigenvalue weighted by atomic mass is 35.5. The average molecular weight is 164 g/mol. The van der Waals surface area contributed by atoms with Gasteiger partial charge in [-0.05, 0) is 6.92 Å². The molecule has 1 atom stereocenters. The molecule has 0 saturated heterocycles. The zero-order chi connectivity index (χ0) is 6.85. The van der Waals surface area contributed by atoms with Crippen LogP contribution in [0.5, 0.6) is 0 Å². The number of aliphatic hydroxyl groups is 1. The highest BCUT2D eigenvalue weighted by molar-refractivity contribution is 7.15.